The van der Waals surface area contributed by atoms with Crippen LogP contribution in [0.3, 0.4) is 0 Å². The van der Waals surface area contributed by atoms with Crippen LogP contribution in [0.2, 0.25) is 0 Å². The summed E-state index contributed by atoms with van der Waals surface area (Å²) in [7, 11) is 0. The number of halogens is 2. The number of rotatable bonds is 4. The van der Waals surface area contributed by atoms with Crippen molar-refractivity contribution in [1.29, 1.82) is 0 Å². The minimum absolute atomic E-state index is 0.120. The summed E-state index contributed by atoms with van der Waals surface area (Å²) in [5, 5.41) is 10.8. The predicted octanol–water partition coefficient (Wildman–Crippen LogP) is 2.72. The number of nitro benzene ring substituents is 1. The van der Waals surface area contributed by atoms with E-state index in [0.29, 0.717) is 5.82 Å². The molecule has 0 saturated heterocycles. The van der Waals surface area contributed by atoms with E-state index in [1.807, 2.05) is 0 Å². The van der Waals surface area contributed by atoms with Crippen LogP contribution in [-0.4, -0.2) is 14.5 Å². The Balaban J connectivity index is 2.39. The first kappa shape index (κ1) is 12.5. The molecular formula is C11H9ClFN3O2. The van der Waals surface area contributed by atoms with E-state index in [4.69, 9.17) is 11.6 Å². The molecule has 0 aliphatic rings. The fraction of sp³-hybridized carbons (Fsp3) is 0.182. The van der Waals surface area contributed by atoms with Gasteiger partial charge in [-0.05, 0) is 12.1 Å². The summed E-state index contributed by atoms with van der Waals surface area (Å²) in [5.41, 5.74) is 0.162. The average molecular weight is 270 g/mol. The molecule has 0 aliphatic carbocycles. The van der Waals surface area contributed by atoms with Gasteiger partial charge in [0.15, 0.2) is 0 Å². The lowest BCUT2D eigenvalue weighted by Crippen LogP contribution is -2.05. The fourth-order valence-corrected chi connectivity index (χ4v) is 1.88. The molecule has 94 valence electrons. The SMILES string of the molecule is O=[N+]([O-])c1ccc(F)cc1Cn1ccnc1CCl. The van der Waals surface area contributed by atoms with Gasteiger partial charge in [-0.1, -0.05) is 0 Å². The highest BCUT2D eigenvalue weighted by Crippen LogP contribution is 2.21. The van der Waals surface area contributed by atoms with Crippen LogP contribution >= 0.6 is 11.6 Å². The van der Waals surface area contributed by atoms with Crippen molar-refractivity contribution in [3.05, 3.63) is 57.9 Å². The van der Waals surface area contributed by atoms with Gasteiger partial charge in [-0.2, -0.15) is 0 Å². The summed E-state index contributed by atoms with van der Waals surface area (Å²) in [5.74, 6) is 0.259. The zero-order valence-electron chi connectivity index (χ0n) is 9.22. The van der Waals surface area contributed by atoms with Gasteiger partial charge in [0.1, 0.15) is 11.6 Å². The monoisotopic (exact) mass is 269 g/mol. The molecule has 0 aliphatic heterocycles. The Labute approximate surface area is 107 Å². The first-order valence-electron chi connectivity index (χ1n) is 5.10. The Hall–Kier alpha value is -1.95. The zero-order chi connectivity index (χ0) is 13.1. The number of imidazole rings is 1. The van der Waals surface area contributed by atoms with Crippen molar-refractivity contribution >= 4 is 17.3 Å². The van der Waals surface area contributed by atoms with E-state index >= 15 is 0 Å². The second kappa shape index (κ2) is 5.14. The summed E-state index contributed by atoms with van der Waals surface area (Å²) in [6.45, 7) is 0.163. The summed E-state index contributed by atoms with van der Waals surface area (Å²) in [4.78, 5) is 14.3. The quantitative estimate of drug-likeness (QED) is 0.487. The normalized spacial score (nSPS) is 10.6. The molecule has 0 radical (unpaired) electrons. The van der Waals surface area contributed by atoms with Crippen molar-refractivity contribution in [2.75, 3.05) is 0 Å². The number of nitrogens with zero attached hydrogens (tertiary/aromatic N) is 3. The lowest BCUT2D eigenvalue weighted by Gasteiger charge is -2.07. The number of nitro groups is 1. The summed E-state index contributed by atoms with van der Waals surface area (Å²) in [6, 6.07) is 3.37. The van der Waals surface area contributed by atoms with Crippen LogP contribution in [0.4, 0.5) is 10.1 Å². The van der Waals surface area contributed by atoms with E-state index in [1.165, 1.54) is 0 Å². The lowest BCUT2D eigenvalue weighted by atomic mass is 10.1. The molecule has 0 bridgehead atoms. The molecule has 0 atom stereocenters. The van der Waals surface area contributed by atoms with Crippen LogP contribution in [-0.2, 0) is 12.4 Å². The topological polar surface area (TPSA) is 61.0 Å². The van der Waals surface area contributed by atoms with Crippen molar-refractivity contribution in [1.82, 2.24) is 9.55 Å². The molecule has 0 saturated carbocycles. The maximum absolute atomic E-state index is 13.1. The Morgan fingerprint density at radius 3 is 2.94 bits per heavy atom. The van der Waals surface area contributed by atoms with E-state index < -0.39 is 10.7 Å². The number of alkyl halides is 1. The molecule has 0 N–H and O–H groups in total. The van der Waals surface area contributed by atoms with E-state index in [0.717, 1.165) is 18.2 Å². The number of hydrogen-bond donors (Lipinski definition) is 0. The fourth-order valence-electron chi connectivity index (χ4n) is 1.66. The minimum atomic E-state index is -0.536. The Morgan fingerprint density at radius 2 is 2.28 bits per heavy atom. The first-order chi connectivity index (χ1) is 8.61. The highest BCUT2D eigenvalue weighted by Gasteiger charge is 2.15. The maximum Gasteiger partial charge on any atom is 0.274 e. The van der Waals surface area contributed by atoms with Crippen LogP contribution in [0.5, 0.6) is 0 Å². The van der Waals surface area contributed by atoms with Crippen molar-refractivity contribution in [3.8, 4) is 0 Å². The van der Waals surface area contributed by atoms with Crippen LogP contribution in [0.25, 0.3) is 0 Å². The molecule has 7 heteroatoms. The number of aromatic nitrogens is 2. The maximum atomic E-state index is 13.1. The van der Waals surface area contributed by atoms with Gasteiger partial charge in [-0.25, -0.2) is 9.37 Å². The van der Waals surface area contributed by atoms with Gasteiger partial charge < -0.3 is 4.57 Å². The second-order valence-corrected chi connectivity index (χ2v) is 3.90. The van der Waals surface area contributed by atoms with E-state index in [-0.39, 0.29) is 23.7 Å². The predicted molar refractivity (Wildman–Crippen MR) is 63.9 cm³/mol. The molecule has 1 aromatic carbocycles. The molecule has 18 heavy (non-hydrogen) atoms. The van der Waals surface area contributed by atoms with Gasteiger partial charge in [-0.3, -0.25) is 10.1 Å². The second-order valence-electron chi connectivity index (χ2n) is 3.64. The standard InChI is InChI=1S/C11H9ClFN3O2/c12-6-11-14-3-4-15(11)7-8-5-9(13)1-2-10(8)16(17)18/h1-5H,6-7H2. The largest absolute Gasteiger partial charge is 0.329 e. The molecule has 0 fully saturated rings. The Kier molecular flexibility index (Phi) is 3.57. The number of benzene rings is 1. The molecule has 0 amide bonds. The van der Waals surface area contributed by atoms with E-state index in [9.17, 15) is 14.5 Å². The third-order valence-corrected chi connectivity index (χ3v) is 2.74. The van der Waals surface area contributed by atoms with Gasteiger partial charge in [0, 0.05) is 18.5 Å². The minimum Gasteiger partial charge on any atom is -0.329 e. The molecule has 0 unspecified atom stereocenters. The van der Waals surface area contributed by atoms with Gasteiger partial charge >= 0.3 is 0 Å². The molecular weight excluding hydrogens is 261 g/mol. The first-order valence-corrected chi connectivity index (χ1v) is 5.64. The third-order valence-electron chi connectivity index (χ3n) is 2.50. The molecule has 0 spiro atoms. The van der Waals surface area contributed by atoms with Crippen molar-refractivity contribution in [3.63, 3.8) is 0 Å². The van der Waals surface area contributed by atoms with E-state index in [1.54, 1.807) is 17.0 Å². The van der Waals surface area contributed by atoms with Gasteiger partial charge in [-0.15, -0.1) is 11.6 Å². The Bertz CT molecular complexity index is 585. The van der Waals surface area contributed by atoms with Crippen molar-refractivity contribution in [2.24, 2.45) is 0 Å². The average Bonchev–Trinajstić information content (AvgIpc) is 2.76. The van der Waals surface area contributed by atoms with Crippen LogP contribution < -0.4 is 0 Å². The lowest BCUT2D eigenvalue weighted by molar-refractivity contribution is -0.385. The van der Waals surface area contributed by atoms with Gasteiger partial charge in [0.2, 0.25) is 0 Å². The smallest absolute Gasteiger partial charge is 0.274 e. The third kappa shape index (κ3) is 2.48. The van der Waals surface area contributed by atoms with Crippen molar-refractivity contribution in [2.45, 2.75) is 12.4 Å². The highest BCUT2D eigenvalue weighted by molar-refractivity contribution is 6.16. The molecule has 2 aromatic rings. The molecule has 5 nitrogen and oxygen atoms in total. The summed E-state index contributed by atoms with van der Waals surface area (Å²) >= 11 is 5.68. The Morgan fingerprint density at radius 1 is 1.50 bits per heavy atom. The molecule has 1 aromatic heterocycles. The molecule has 2 rings (SSSR count). The van der Waals surface area contributed by atoms with Crippen LogP contribution in [0, 0.1) is 15.9 Å². The van der Waals surface area contributed by atoms with Gasteiger partial charge in [0.05, 0.1) is 22.9 Å². The van der Waals surface area contributed by atoms with E-state index in [2.05, 4.69) is 4.98 Å². The summed E-state index contributed by atoms with van der Waals surface area (Å²) < 4.78 is 14.8. The zero-order valence-corrected chi connectivity index (χ0v) is 9.97. The summed E-state index contributed by atoms with van der Waals surface area (Å²) in [6.07, 6.45) is 3.19. The van der Waals surface area contributed by atoms with Gasteiger partial charge in [0.25, 0.3) is 5.69 Å². The van der Waals surface area contributed by atoms with Crippen LogP contribution in [0.1, 0.15) is 11.4 Å². The molecule has 1 heterocycles. The number of hydrogen-bond acceptors (Lipinski definition) is 3. The van der Waals surface area contributed by atoms with Crippen LogP contribution in [0.15, 0.2) is 30.6 Å². The van der Waals surface area contributed by atoms with Crippen molar-refractivity contribution < 1.29 is 9.31 Å². The highest BCUT2D eigenvalue weighted by atomic mass is 35.5.